The summed E-state index contributed by atoms with van der Waals surface area (Å²) in [5.74, 6) is -0.982. The van der Waals surface area contributed by atoms with E-state index in [2.05, 4.69) is 24.8 Å². The van der Waals surface area contributed by atoms with Crippen LogP contribution in [0.15, 0.2) is 36.8 Å². The highest BCUT2D eigenvalue weighted by Crippen LogP contribution is 2.35. The molecule has 4 heterocycles. The molecule has 0 aliphatic carbocycles. The van der Waals surface area contributed by atoms with Crippen LogP contribution in [0.5, 0.6) is 0 Å². The zero-order chi connectivity index (χ0) is 24.5. The average Bonchev–Trinajstić information content (AvgIpc) is 2.79. The van der Waals surface area contributed by atoms with E-state index in [1.807, 2.05) is 6.07 Å². The van der Waals surface area contributed by atoms with Gasteiger partial charge in [0.1, 0.15) is 5.69 Å². The van der Waals surface area contributed by atoms with Gasteiger partial charge in [0.05, 0.1) is 11.4 Å². The van der Waals surface area contributed by atoms with Gasteiger partial charge in [0, 0.05) is 61.0 Å². The number of alkyl halides is 3. The van der Waals surface area contributed by atoms with Crippen LogP contribution >= 0.6 is 0 Å². The number of aromatic nitrogens is 4. The van der Waals surface area contributed by atoms with E-state index in [-0.39, 0.29) is 29.5 Å². The SMILES string of the molecule is Nc1ncc(-c2ccc(N)c(C(=O)Cc3cnccc3N3CCC[C@H](N)C3)n2)c(C(F)(F)F)n1. The number of anilines is 3. The van der Waals surface area contributed by atoms with Crippen molar-refractivity contribution in [3.8, 4) is 11.3 Å². The van der Waals surface area contributed by atoms with Crippen molar-refractivity contribution < 1.29 is 18.0 Å². The summed E-state index contributed by atoms with van der Waals surface area (Å²) in [6, 6.07) is 4.46. The summed E-state index contributed by atoms with van der Waals surface area (Å²) in [7, 11) is 0. The van der Waals surface area contributed by atoms with Gasteiger partial charge in [-0.3, -0.25) is 9.78 Å². The van der Waals surface area contributed by atoms with Crippen molar-refractivity contribution in [2.45, 2.75) is 31.5 Å². The largest absolute Gasteiger partial charge is 0.434 e. The Labute approximate surface area is 193 Å². The lowest BCUT2D eigenvalue weighted by Crippen LogP contribution is -2.43. The lowest BCUT2D eigenvalue weighted by Gasteiger charge is -2.33. The molecule has 3 aromatic heterocycles. The standard InChI is InChI=1S/C22H23F3N8O/c23-22(24,25)20-14(10-30-21(28)32-20)16-4-3-15(27)19(31-16)18(34)8-12-9-29-6-5-17(12)33-7-1-2-13(26)11-33/h3-6,9-10,13H,1-2,7-8,11,26-27H2,(H2,28,30,32)/t13-/m0/s1. The molecule has 1 saturated heterocycles. The Morgan fingerprint density at radius 1 is 1.15 bits per heavy atom. The van der Waals surface area contributed by atoms with Gasteiger partial charge in [-0.15, -0.1) is 0 Å². The molecule has 0 saturated carbocycles. The maximum atomic E-state index is 13.5. The number of halogens is 3. The highest BCUT2D eigenvalue weighted by Gasteiger charge is 2.37. The van der Waals surface area contributed by atoms with Crippen molar-refractivity contribution in [3.63, 3.8) is 0 Å². The molecule has 0 unspecified atom stereocenters. The van der Waals surface area contributed by atoms with E-state index in [1.165, 1.54) is 12.1 Å². The third kappa shape index (κ3) is 4.91. The van der Waals surface area contributed by atoms with Crippen molar-refractivity contribution in [3.05, 3.63) is 53.7 Å². The lowest BCUT2D eigenvalue weighted by molar-refractivity contribution is -0.140. The van der Waals surface area contributed by atoms with Crippen LogP contribution in [0.3, 0.4) is 0 Å². The second-order valence-corrected chi connectivity index (χ2v) is 8.08. The Balaban J connectivity index is 1.67. The molecule has 0 spiro atoms. The number of carbonyl (C=O) groups is 1. The Morgan fingerprint density at radius 2 is 1.94 bits per heavy atom. The summed E-state index contributed by atoms with van der Waals surface area (Å²) in [5.41, 5.74) is 17.0. The molecule has 34 heavy (non-hydrogen) atoms. The maximum Gasteiger partial charge on any atom is 0.434 e. The molecule has 1 aliphatic heterocycles. The quantitative estimate of drug-likeness (QED) is 0.476. The van der Waals surface area contributed by atoms with Gasteiger partial charge >= 0.3 is 6.18 Å². The minimum atomic E-state index is -4.79. The highest BCUT2D eigenvalue weighted by molar-refractivity contribution is 6.01. The smallest absolute Gasteiger partial charge is 0.397 e. The van der Waals surface area contributed by atoms with Gasteiger partial charge in [-0.25, -0.2) is 15.0 Å². The van der Waals surface area contributed by atoms with Crippen LogP contribution in [-0.2, 0) is 12.6 Å². The number of hydrogen-bond donors (Lipinski definition) is 3. The van der Waals surface area contributed by atoms with Crippen LogP contribution in [0.25, 0.3) is 11.3 Å². The van der Waals surface area contributed by atoms with Crippen LogP contribution in [0.1, 0.15) is 34.6 Å². The molecule has 12 heteroatoms. The van der Waals surface area contributed by atoms with Crippen molar-refractivity contribution in [1.29, 1.82) is 0 Å². The number of piperidine rings is 1. The minimum Gasteiger partial charge on any atom is -0.397 e. The molecule has 0 aromatic carbocycles. The van der Waals surface area contributed by atoms with Gasteiger partial charge in [-0.2, -0.15) is 13.2 Å². The molecule has 178 valence electrons. The van der Waals surface area contributed by atoms with Gasteiger partial charge in [-0.1, -0.05) is 0 Å². The normalized spacial score (nSPS) is 16.5. The molecule has 0 radical (unpaired) electrons. The number of carbonyl (C=O) groups excluding carboxylic acids is 1. The number of nitrogen functional groups attached to an aromatic ring is 2. The highest BCUT2D eigenvalue weighted by atomic mass is 19.4. The molecule has 1 fully saturated rings. The molecule has 4 rings (SSSR count). The van der Waals surface area contributed by atoms with Gasteiger partial charge in [0.15, 0.2) is 11.5 Å². The Hall–Kier alpha value is -3.80. The zero-order valence-electron chi connectivity index (χ0n) is 18.1. The molecule has 1 aliphatic rings. The Bertz CT molecular complexity index is 1220. The summed E-state index contributed by atoms with van der Waals surface area (Å²) < 4.78 is 40.5. The van der Waals surface area contributed by atoms with Gasteiger partial charge in [0.2, 0.25) is 5.95 Å². The third-order valence-corrected chi connectivity index (χ3v) is 5.57. The van der Waals surface area contributed by atoms with Gasteiger partial charge in [-0.05, 0) is 31.0 Å². The summed E-state index contributed by atoms with van der Waals surface area (Å²) in [4.78, 5) is 30.5. The first-order valence-corrected chi connectivity index (χ1v) is 10.6. The fraction of sp³-hybridized carbons (Fsp3) is 0.318. The van der Waals surface area contributed by atoms with Crippen LogP contribution in [0.4, 0.5) is 30.5 Å². The second kappa shape index (κ2) is 9.21. The van der Waals surface area contributed by atoms with Gasteiger partial charge in [0.25, 0.3) is 0 Å². The van der Waals surface area contributed by atoms with Crippen LogP contribution in [-0.4, -0.2) is 44.9 Å². The fourth-order valence-corrected chi connectivity index (χ4v) is 3.99. The van der Waals surface area contributed by atoms with Crippen molar-refractivity contribution in [1.82, 2.24) is 19.9 Å². The van der Waals surface area contributed by atoms with Gasteiger partial charge < -0.3 is 22.1 Å². The fourth-order valence-electron chi connectivity index (χ4n) is 3.99. The molecule has 9 nitrogen and oxygen atoms in total. The first-order valence-electron chi connectivity index (χ1n) is 10.6. The summed E-state index contributed by atoms with van der Waals surface area (Å²) in [5, 5.41) is 0. The number of rotatable bonds is 5. The molecule has 1 atom stereocenters. The molecular formula is C22H23F3N8O. The topological polar surface area (TPSA) is 150 Å². The van der Waals surface area contributed by atoms with E-state index >= 15 is 0 Å². The first kappa shape index (κ1) is 23.4. The van der Waals surface area contributed by atoms with Crippen molar-refractivity contribution in [2.75, 3.05) is 29.5 Å². The van der Waals surface area contributed by atoms with E-state index in [0.717, 1.165) is 31.3 Å². The average molecular weight is 472 g/mol. The molecule has 0 amide bonds. The van der Waals surface area contributed by atoms with Crippen LogP contribution in [0, 0.1) is 0 Å². The third-order valence-electron chi connectivity index (χ3n) is 5.57. The van der Waals surface area contributed by atoms with E-state index in [1.54, 1.807) is 12.4 Å². The second-order valence-electron chi connectivity index (χ2n) is 8.08. The molecule has 3 aromatic rings. The van der Waals surface area contributed by atoms with E-state index < -0.39 is 29.2 Å². The molecular weight excluding hydrogens is 449 g/mol. The Morgan fingerprint density at radius 3 is 2.68 bits per heavy atom. The monoisotopic (exact) mass is 472 g/mol. The predicted octanol–water partition coefficient (Wildman–Crippen LogP) is 2.47. The predicted molar refractivity (Wildman–Crippen MR) is 121 cm³/mol. The number of nitrogens with two attached hydrogens (primary N) is 3. The molecule has 0 bridgehead atoms. The van der Waals surface area contributed by atoms with Crippen LogP contribution in [0.2, 0.25) is 0 Å². The maximum absolute atomic E-state index is 13.5. The Kier molecular flexibility index (Phi) is 6.33. The number of pyridine rings is 2. The van der Waals surface area contributed by atoms with E-state index in [9.17, 15) is 18.0 Å². The number of Topliss-reactive ketones (excluding diaryl/α,β-unsaturated/α-hetero) is 1. The zero-order valence-corrected chi connectivity index (χ0v) is 18.1. The minimum absolute atomic E-state index is 0.0319. The number of hydrogen-bond acceptors (Lipinski definition) is 9. The number of ketones is 1. The summed E-state index contributed by atoms with van der Waals surface area (Å²) in [6.07, 6.45) is 1.13. The summed E-state index contributed by atoms with van der Waals surface area (Å²) >= 11 is 0. The number of nitrogens with zero attached hydrogens (tertiary/aromatic N) is 5. The van der Waals surface area contributed by atoms with Crippen molar-refractivity contribution >= 4 is 23.1 Å². The molecule has 6 N–H and O–H groups in total. The van der Waals surface area contributed by atoms with E-state index in [4.69, 9.17) is 17.2 Å². The van der Waals surface area contributed by atoms with Crippen molar-refractivity contribution in [2.24, 2.45) is 5.73 Å². The first-order chi connectivity index (χ1) is 16.1. The lowest BCUT2D eigenvalue weighted by atomic mass is 10.0. The van der Waals surface area contributed by atoms with Crippen LogP contribution < -0.4 is 22.1 Å². The van der Waals surface area contributed by atoms with E-state index in [0.29, 0.717) is 12.1 Å². The summed E-state index contributed by atoms with van der Waals surface area (Å²) in [6.45, 7) is 1.45.